The molecule has 5 nitrogen and oxygen atoms in total. The number of hydrogen-bond acceptors (Lipinski definition) is 5. The van der Waals surface area contributed by atoms with Crippen LogP contribution in [0.5, 0.6) is 0 Å². The number of ether oxygens (including phenoxy) is 3. The summed E-state index contributed by atoms with van der Waals surface area (Å²) in [6.45, 7) is 28.2. The van der Waals surface area contributed by atoms with Crippen LogP contribution in [0.2, 0.25) is 36.3 Å². The summed E-state index contributed by atoms with van der Waals surface area (Å²) in [6, 6.07) is 0. The Morgan fingerprint density at radius 1 is 0.932 bits per heavy atom. The zero-order valence-corrected chi connectivity index (χ0v) is 32.0. The van der Waals surface area contributed by atoms with Crippen LogP contribution in [0.15, 0.2) is 29.5 Å². The van der Waals surface area contributed by atoms with Gasteiger partial charge in [0.2, 0.25) is 0 Å². The molecule has 0 aromatic heterocycles. The van der Waals surface area contributed by atoms with Crippen molar-refractivity contribution in [2.45, 2.75) is 154 Å². The Bertz CT molecular complexity index is 1090. The molecular weight excluding hydrogens is 581 g/mol. The van der Waals surface area contributed by atoms with Crippen molar-refractivity contribution in [1.82, 2.24) is 0 Å². The van der Waals surface area contributed by atoms with Gasteiger partial charge in [0.25, 0.3) is 5.97 Å². The smallest absolute Gasteiger partial charge is 0.283 e. The van der Waals surface area contributed by atoms with Crippen molar-refractivity contribution < 1.29 is 23.1 Å². The van der Waals surface area contributed by atoms with E-state index < -0.39 is 22.6 Å². The van der Waals surface area contributed by atoms with E-state index in [1.165, 1.54) is 31.3 Å². The highest BCUT2D eigenvalue weighted by atomic mass is 28.4. The highest BCUT2D eigenvalue weighted by molar-refractivity contribution is 6.74. The van der Waals surface area contributed by atoms with Gasteiger partial charge < -0.3 is 23.1 Å². The first-order chi connectivity index (χ1) is 20.3. The van der Waals surface area contributed by atoms with Crippen LogP contribution >= 0.6 is 0 Å². The summed E-state index contributed by atoms with van der Waals surface area (Å²) in [5.74, 6) is 1.38. The lowest BCUT2D eigenvalue weighted by Gasteiger charge is -2.50. The lowest BCUT2D eigenvalue weighted by Crippen LogP contribution is -2.58. The van der Waals surface area contributed by atoms with Gasteiger partial charge in [-0.15, -0.1) is 5.73 Å². The molecule has 2 bridgehead atoms. The van der Waals surface area contributed by atoms with E-state index in [0.29, 0.717) is 43.5 Å². The third-order valence-corrected chi connectivity index (χ3v) is 21.4. The van der Waals surface area contributed by atoms with Gasteiger partial charge in [0, 0.05) is 17.8 Å². The van der Waals surface area contributed by atoms with E-state index in [2.05, 4.69) is 98.6 Å². The van der Waals surface area contributed by atoms with Gasteiger partial charge in [0.1, 0.15) is 0 Å². The summed E-state index contributed by atoms with van der Waals surface area (Å²) in [5.41, 5.74) is 5.20. The fourth-order valence-corrected chi connectivity index (χ4v) is 9.91. The van der Waals surface area contributed by atoms with Crippen molar-refractivity contribution in [3.05, 3.63) is 29.5 Å². The van der Waals surface area contributed by atoms with Crippen LogP contribution in [-0.4, -0.2) is 54.6 Å². The average Bonchev–Trinajstić information content (AvgIpc) is 3.53. The minimum atomic E-state index is -1.92. The predicted octanol–water partition coefficient (Wildman–Crippen LogP) is 9.77. The number of hydrogen-bond donors (Lipinski definition) is 0. The van der Waals surface area contributed by atoms with Crippen molar-refractivity contribution in [2.75, 3.05) is 19.8 Å². The summed E-state index contributed by atoms with van der Waals surface area (Å²) in [5, 5.41) is 0.406. The van der Waals surface area contributed by atoms with E-state index in [-0.39, 0.29) is 27.7 Å². The Balaban J connectivity index is 1.31. The maximum Gasteiger partial charge on any atom is 0.283 e. The second-order valence-electron chi connectivity index (χ2n) is 18.3. The minimum absolute atomic E-state index is 0.00493. The van der Waals surface area contributed by atoms with Crippen molar-refractivity contribution in [1.29, 1.82) is 0 Å². The summed E-state index contributed by atoms with van der Waals surface area (Å²) in [7, 11) is -3.80. The average molecular weight is 645 g/mol. The van der Waals surface area contributed by atoms with Crippen molar-refractivity contribution in [3.8, 4) is 0 Å². The van der Waals surface area contributed by atoms with E-state index in [1.54, 1.807) is 0 Å². The van der Waals surface area contributed by atoms with Gasteiger partial charge in [-0.25, -0.2) is 0 Å². The summed E-state index contributed by atoms with van der Waals surface area (Å²) < 4.78 is 32.4. The van der Waals surface area contributed by atoms with Gasteiger partial charge in [0.15, 0.2) is 16.6 Å². The van der Waals surface area contributed by atoms with Gasteiger partial charge in [-0.05, 0) is 97.8 Å². The monoisotopic (exact) mass is 644 g/mol. The van der Waals surface area contributed by atoms with Crippen LogP contribution in [0, 0.1) is 29.1 Å². The molecule has 0 spiro atoms. The van der Waals surface area contributed by atoms with Gasteiger partial charge in [-0.2, -0.15) is 0 Å². The predicted molar refractivity (Wildman–Crippen MR) is 184 cm³/mol. The van der Waals surface area contributed by atoms with Gasteiger partial charge in [-0.1, -0.05) is 73.5 Å². The topological polar surface area (TPSA) is 46.2 Å². The molecule has 44 heavy (non-hydrogen) atoms. The number of fused-ring (bicyclic) bond motifs is 4. The second-order valence-corrected chi connectivity index (χ2v) is 27.8. The van der Waals surface area contributed by atoms with Crippen LogP contribution in [0.25, 0.3) is 0 Å². The molecular formula is C37H64O5Si2. The van der Waals surface area contributed by atoms with Crippen molar-refractivity contribution >= 4 is 16.6 Å². The van der Waals surface area contributed by atoms with Crippen molar-refractivity contribution in [3.63, 3.8) is 0 Å². The molecule has 3 saturated heterocycles. The molecule has 4 unspecified atom stereocenters. The second kappa shape index (κ2) is 12.5. The largest absolute Gasteiger partial charge is 0.413 e. The Labute approximate surface area is 271 Å². The van der Waals surface area contributed by atoms with Gasteiger partial charge >= 0.3 is 0 Å². The molecule has 3 saturated carbocycles. The molecule has 3 aliphatic carbocycles. The summed E-state index contributed by atoms with van der Waals surface area (Å²) in [4.78, 5) is 0. The molecule has 0 aromatic rings. The zero-order valence-electron chi connectivity index (χ0n) is 30.0. The summed E-state index contributed by atoms with van der Waals surface area (Å²) in [6.07, 6.45) is 16.8. The van der Waals surface area contributed by atoms with Crippen molar-refractivity contribution in [2.24, 2.45) is 29.1 Å². The Kier molecular flexibility index (Phi) is 9.89. The van der Waals surface area contributed by atoms with E-state index in [4.69, 9.17) is 23.1 Å². The van der Waals surface area contributed by atoms with E-state index in [9.17, 15) is 0 Å². The molecule has 0 aromatic carbocycles. The zero-order chi connectivity index (χ0) is 32.2. The fourth-order valence-electron chi connectivity index (χ4n) is 7.22. The third-order valence-electron chi connectivity index (χ3n) is 12.5. The molecule has 6 aliphatic rings. The Morgan fingerprint density at radius 3 is 2.09 bits per heavy atom. The molecule has 0 N–H and O–H groups in total. The molecule has 6 rings (SSSR count). The quantitative estimate of drug-likeness (QED) is 0.135. The normalized spacial score (nSPS) is 35.6. The van der Waals surface area contributed by atoms with Crippen LogP contribution in [0.3, 0.4) is 0 Å². The molecule has 3 heterocycles. The molecule has 7 heteroatoms. The van der Waals surface area contributed by atoms with Gasteiger partial charge in [0.05, 0.1) is 32.0 Å². The van der Waals surface area contributed by atoms with Gasteiger partial charge in [-0.3, -0.25) is 0 Å². The SMILES string of the molecule is CC12COC(CCC=C=C3CC4C3CC(/C=C/[C@@H](O[Si](C)(C)C(C)(C)C)C3CCCC3)C4O[Si](C)(C)C(C)(C)C)(OC1)OC2. The summed E-state index contributed by atoms with van der Waals surface area (Å²) >= 11 is 0. The molecule has 0 radical (unpaired) electrons. The van der Waals surface area contributed by atoms with Crippen LogP contribution in [0.1, 0.15) is 99.8 Å². The molecule has 5 atom stereocenters. The fraction of sp³-hybridized carbons (Fsp3) is 0.865. The first kappa shape index (κ1) is 34.8. The van der Waals surface area contributed by atoms with Crippen LogP contribution in [-0.2, 0) is 23.1 Å². The van der Waals surface area contributed by atoms with Crippen LogP contribution < -0.4 is 0 Å². The van der Waals surface area contributed by atoms with Crippen LogP contribution in [0.4, 0.5) is 0 Å². The highest BCUT2D eigenvalue weighted by Crippen LogP contribution is 2.56. The van der Waals surface area contributed by atoms with E-state index in [1.807, 2.05) is 0 Å². The molecule has 6 fully saturated rings. The Morgan fingerprint density at radius 2 is 1.52 bits per heavy atom. The third kappa shape index (κ3) is 7.31. The number of rotatable bonds is 10. The lowest BCUT2D eigenvalue weighted by molar-refractivity contribution is -0.467. The molecule has 250 valence electrons. The first-order valence-corrected chi connectivity index (χ1v) is 23.6. The first-order valence-electron chi connectivity index (χ1n) is 17.7. The standard InChI is InChI=1S/C37H64O5Si2/c1-34(2,3)43(8,9)41-32(27-16-12-13-17-27)20-19-29-23-30-28(22-31(30)33(29)42-44(10,11)35(4,5)6)18-14-15-21-37-38-24-36(7,25-39-37)26-40-37/h14,19-20,27,29-33H,12-13,15-17,21-26H2,1-11H3/b20-19+/t18?,29?,30?,31?,32-,33?,36?,37?/m1/s1. The highest BCUT2D eigenvalue weighted by Gasteiger charge is 2.54. The molecule has 0 amide bonds. The lowest BCUT2D eigenvalue weighted by atomic mass is 9.71. The minimum Gasteiger partial charge on any atom is -0.413 e. The van der Waals surface area contributed by atoms with E-state index >= 15 is 0 Å². The van der Waals surface area contributed by atoms with E-state index in [0.717, 1.165) is 25.7 Å². The maximum atomic E-state index is 7.27. The Hall–Kier alpha value is -0.506. The maximum absolute atomic E-state index is 7.27. The number of allylic oxidation sites excluding steroid dienone is 1. The molecule has 3 aliphatic heterocycles.